The number of amides is 1. The zero-order valence-electron chi connectivity index (χ0n) is 18.1. The average Bonchev–Trinajstić information content (AvgIpc) is 3.29. The molecule has 6 heteroatoms. The van der Waals surface area contributed by atoms with E-state index in [1.54, 1.807) is 6.20 Å². The van der Waals surface area contributed by atoms with E-state index in [-0.39, 0.29) is 17.3 Å². The molecule has 2 aromatic carbocycles. The number of pyridine rings is 1. The minimum absolute atomic E-state index is 0.0181. The Morgan fingerprint density at radius 1 is 1.06 bits per heavy atom. The lowest BCUT2D eigenvalue weighted by molar-refractivity contribution is -0.116. The molecule has 1 aliphatic heterocycles. The topological polar surface area (TPSA) is 63.2 Å². The Morgan fingerprint density at radius 2 is 1.91 bits per heavy atom. The van der Waals surface area contributed by atoms with Gasteiger partial charge in [-0.15, -0.1) is 11.8 Å². The standard InChI is InChI=1S/C26H29N3O2S/c30-25(17-23-19-32-26(29-23)21-10-6-15-27-18-21)28-22-11-13-24(14-12-22)31-16-5-4-9-20-7-2-1-3-8-20/h1-3,6-8,10-15,18,23,26,29H,4-5,9,16-17,19H2,(H,28,30). The van der Waals surface area contributed by atoms with Gasteiger partial charge in [-0.05, 0) is 60.7 Å². The maximum Gasteiger partial charge on any atom is 0.225 e. The molecule has 2 heterocycles. The van der Waals surface area contributed by atoms with Crippen LogP contribution in [0.4, 0.5) is 5.69 Å². The SMILES string of the molecule is O=C(CC1CSC(c2cccnc2)N1)Nc1ccc(OCCCCc2ccccc2)cc1. The van der Waals surface area contributed by atoms with E-state index in [0.29, 0.717) is 13.0 Å². The molecule has 4 rings (SSSR count). The predicted molar refractivity (Wildman–Crippen MR) is 131 cm³/mol. The summed E-state index contributed by atoms with van der Waals surface area (Å²) in [6.45, 7) is 0.696. The van der Waals surface area contributed by atoms with Gasteiger partial charge in [0.1, 0.15) is 5.75 Å². The first-order valence-corrected chi connectivity index (χ1v) is 12.2. The molecule has 1 saturated heterocycles. The quantitative estimate of drug-likeness (QED) is 0.418. The van der Waals surface area contributed by atoms with Crippen molar-refractivity contribution in [2.24, 2.45) is 0 Å². The van der Waals surface area contributed by atoms with Crippen LogP contribution in [0.3, 0.4) is 0 Å². The van der Waals surface area contributed by atoms with Gasteiger partial charge in [-0.1, -0.05) is 36.4 Å². The van der Waals surface area contributed by atoms with Gasteiger partial charge in [-0.3, -0.25) is 15.1 Å². The van der Waals surface area contributed by atoms with E-state index in [0.717, 1.165) is 42.0 Å². The van der Waals surface area contributed by atoms with Crippen LogP contribution in [-0.4, -0.2) is 29.3 Å². The molecule has 1 aromatic heterocycles. The normalized spacial score (nSPS) is 17.8. The van der Waals surface area contributed by atoms with Crippen molar-refractivity contribution in [1.29, 1.82) is 0 Å². The first-order chi connectivity index (χ1) is 15.8. The number of nitrogens with zero attached hydrogens (tertiary/aromatic N) is 1. The minimum atomic E-state index is 0.0181. The highest BCUT2D eigenvalue weighted by Gasteiger charge is 2.27. The second-order valence-corrected chi connectivity index (χ2v) is 9.07. The summed E-state index contributed by atoms with van der Waals surface area (Å²) in [6, 6.07) is 22.3. The molecule has 3 aromatic rings. The molecular weight excluding hydrogens is 418 g/mol. The number of carbonyl (C=O) groups is 1. The van der Waals surface area contributed by atoms with Gasteiger partial charge < -0.3 is 10.1 Å². The number of aryl methyl sites for hydroxylation is 1. The van der Waals surface area contributed by atoms with Crippen molar-refractivity contribution < 1.29 is 9.53 Å². The number of rotatable bonds is 10. The van der Waals surface area contributed by atoms with Crippen molar-refractivity contribution in [2.75, 3.05) is 17.7 Å². The van der Waals surface area contributed by atoms with E-state index in [9.17, 15) is 4.79 Å². The summed E-state index contributed by atoms with van der Waals surface area (Å²) in [4.78, 5) is 16.6. The van der Waals surface area contributed by atoms with Gasteiger partial charge in [0.2, 0.25) is 5.91 Å². The lowest BCUT2D eigenvalue weighted by Crippen LogP contribution is -2.30. The Labute approximate surface area is 194 Å². The van der Waals surface area contributed by atoms with Gasteiger partial charge in [0.15, 0.2) is 0 Å². The van der Waals surface area contributed by atoms with Gasteiger partial charge in [-0.25, -0.2) is 0 Å². The largest absolute Gasteiger partial charge is 0.494 e. The van der Waals surface area contributed by atoms with E-state index in [1.165, 1.54) is 5.56 Å². The highest BCUT2D eigenvalue weighted by Crippen LogP contribution is 2.33. The summed E-state index contributed by atoms with van der Waals surface area (Å²) in [5.74, 6) is 1.75. The van der Waals surface area contributed by atoms with Gasteiger partial charge in [0.25, 0.3) is 0 Å². The number of benzene rings is 2. The number of thioether (sulfide) groups is 1. The number of unbranched alkanes of at least 4 members (excludes halogenated alkanes) is 1. The van der Waals surface area contributed by atoms with Crippen molar-refractivity contribution >= 4 is 23.4 Å². The molecule has 1 fully saturated rings. The molecule has 32 heavy (non-hydrogen) atoms. The zero-order chi connectivity index (χ0) is 22.0. The summed E-state index contributed by atoms with van der Waals surface area (Å²) < 4.78 is 5.83. The third kappa shape index (κ3) is 6.84. The van der Waals surface area contributed by atoms with Crippen LogP contribution in [-0.2, 0) is 11.2 Å². The molecular formula is C26H29N3O2S. The molecule has 0 bridgehead atoms. The van der Waals surface area contributed by atoms with Gasteiger partial charge in [0, 0.05) is 36.3 Å². The maximum atomic E-state index is 12.5. The first kappa shape index (κ1) is 22.4. The fraction of sp³-hybridized carbons (Fsp3) is 0.308. The summed E-state index contributed by atoms with van der Waals surface area (Å²) in [6.07, 6.45) is 7.29. The van der Waals surface area contributed by atoms with E-state index in [1.807, 2.05) is 54.4 Å². The van der Waals surface area contributed by atoms with Crippen LogP contribution < -0.4 is 15.4 Å². The molecule has 2 unspecified atom stereocenters. The van der Waals surface area contributed by atoms with Gasteiger partial charge in [-0.2, -0.15) is 0 Å². The van der Waals surface area contributed by atoms with Crippen LogP contribution in [0.1, 0.15) is 35.8 Å². The smallest absolute Gasteiger partial charge is 0.225 e. The van der Waals surface area contributed by atoms with Crippen LogP contribution >= 0.6 is 11.8 Å². The molecule has 5 nitrogen and oxygen atoms in total. The van der Waals surface area contributed by atoms with E-state index in [4.69, 9.17) is 4.74 Å². The number of anilines is 1. The number of nitrogens with one attached hydrogen (secondary N) is 2. The number of ether oxygens (including phenoxy) is 1. The van der Waals surface area contributed by atoms with Crippen molar-refractivity contribution in [2.45, 2.75) is 37.1 Å². The molecule has 1 aliphatic rings. The summed E-state index contributed by atoms with van der Waals surface area (Å²) in [5.41, 5.74) is 3.31. The molecule has 0 radical (unpaired) electrons. The predicted octanol–water partition coefficient (Wildman–Crippen LogP) is 5.22. The fourth-order valence-corrected chi connectivity index (χ4v) is 4.96. The molecule has 0 aliphatic carbocycles. The van der Waals surface area contributed by atoms with Crippen molar-refractivity contribution in [1.82, 2.24) is 10.3 Å². The Hall–Kier alpha value is -2.83. The van der Waals surface area contributed by atoms with E-state index >= 15 is 0 Å². The highest BCUT2D eigenvalue weighted by atomic mass is 32.2. The van der Waals surface area contributed by atoms with Crippen molar-refractivity contribution in [3.05, 3.63) is 90.3 Å². The number of carbonyl (C=O) groups excluding carboxylic acids is 1. The Balaban J connectivity index is 1.14. The number of hydrogen-bond donors (Lipinski definition) is 2. The van der Waals surface area contributed by atoms with E-state index < -0.39 is 0 Å². The van der Waals surface area contributed by atoms with Crippen molar-refractivity contribution in [3.8, 4) is 5.75 Å². The minimum Gasteiger partial charge on any atom is -0.494 e. The third-order valence-electron chi connectivity index (χ3n) is 5.38. The summed E-state index contributed by atoms with van der Waals surface area (Å²) >= 11 is 1.82. The summed E-state index contributed by atoms with van der Waals surface area (Å²) in [5, 5.41) is 6.71. The Bertz CT molecular complexity index is 967. The third-order valence-corrected chi connectivity index (χ3v) is 6.72. The second kappa shape index (κ2) is 11.7. The lowest BCUT2D eigenvalue weighted by atomic mass is 10.1. The monoisotopic (exact) mass is 447 g/mol. The molecule has 2 atom stereocenters. The van der Waals surface area contributed by atoms with Crippen LogP contribution in [0.5, 0.6) is 5.75 Å². The second-order valence-electron chi connectivity index (χ2n) is 7.93. The molecule has 0 spiro atoms. The maximum absolute atomic E-state index is 12.5. The molecule has 2 N–H and O–H groups in total. The van der Waals surface area contributed by atoms with Crippen LogP contribution in [0.25, 0.3) is 0 Å². The Kier molecular flexibility index (Phi) is 8.17. The Morgan fingerprint density at radius 3 is 2.69 bits per heavy atom. The van der Waals surface area contributed by atoms with Crippen LogP contribution in [0.15, 0.2) is 79.1 Å². The van der Waals surface area contributed by atoms with Crippen LogP contribution in [0.2, 0.25) is 0 Å². The van der Waals surface area contributed by atoms with Crippen LogP contribution in [0, 0.1) is 0 Å². The highest BCUT2D eigenvalue weighted by molar-refractivity contribution is 7.99. The number of hydrogen-bond acceptors (Lipinski definition) is 5. The average molecular weight is 448 g/mol. The van der Waals surface area contributed by atoms with E-state index in [2.05, 4.69) is 45.9 Å². The lowest BCUT2D eigenvalue weighted by Gasteiger charge is -2.13. The van der Waals surface area contributed by atoms with Gasteiger partial charge in [0.05, 0.1) is 12.0 Å². The zero-order valence-corrected chi connectivity index (χ0v) is 18.9. The fourth-order valence-electron chi connectivity index (χ4n) is 3.70. The molecule has 0 saturated carbocycles. The van der Waals surface area contributed by atoms with Crippen molar-refractivity contribution in [3.63, 3.8) is 0 Å². The molecule has 1 amide bonds. The summed E-state index contributed by atoms with van der Waals surface area (Å²) in [7, 11) is 0. The van der Waals surface area contributed by atoms with Gasteiger partial charge >= 0.3 is 0 Å². The number of aromatic nitrogens is 1. The molecule has 166 valence electrons. The first-order valence-electron chi connectivity index (χ1n) is 11.1.